The van der Waals surface area contributed by atoms with Gasteiger partial charge in [0, 0.05) is 10.9 Å². The molecule has 0 radical (unpaired) electrons. The van der Waals surface area contributed by atoms with Crippen molar-refractivity contribution in [2.45, 2.75) is 6.92 Å². The van der Waals surface area contributed by atoms with Crippen molar-refractivity contribution in [3.05, 3.63) is 84.7 Å². The predicted octanol–water partition coefficient (Wildman–Crippen LogP) is 6.02. The van der Waals surface area contributed by atoms with Crippen LogP contribution in [0, 0.1) is 6.92 Å². The summed E-state index contributed by atoms with van der Waals surface area (Å²) in [6.07, 6.45) is 0. The van der Waals surface area contributed by atoms with E-state index in [0.717, 1.165) is 27.6 Å². The summed E-state index contributed by atoms with van der Waals surface area (Å²) in [6, 6.07) is 26.9. The van der Waals surface area contributed by atoms with Crippen LogP contribution in [0.25, 0.3) is 44.5 Å². The molecule has 3 nitrogen and oxygen atoms in total. The first-order valence-electron chi connectivity index (χ1n) is 8.61. The number of nitrogens with zero attached hydrogens (tertiary/aromatic N) is 2. The molecule has 0 saturated heterocycles. The lowest BCUT2D eigenvalue weighted by molar-refractivity contribution is 0.651. The van der Waals surface area contributed by atoms with Gasteiger partial charge >= 0.3 is 0 Å². The van der Waals surface area contributed by atoms with Crippen molar-refractivity contribution in [3.63, 3.8) is 0 Å². The Labute approximate surface area is 151 Å². The molecule has 0 aliphatic rings. The van der Waals surface area contributed by atoms with Crippen LogP contribution in [-0.4, -0.2) is 9.97 Å². The number of aryl methyl sites for hydroxylation is 1. The van der Waals surface area contributed by atoms with Crippen LogP contribution >= 0.6 is 0 Å². The van der Waals surface area contributed by atoms with Gasteiger partial charge in [-0.15, -0.1) is 0 Å². The molecule has 0 aliphatic heterocycles. The van der Waals surface area contributed by atoms with Gasteiger partial charge in [0.2, 0.25) is 5.71 Å². The highest BCUT2D eigenvalue weighted by atomic mass is 16.3. The third-order valence-corrected chi connectivity index (χ3v) is 4.62. The van der Waals surface area contributed by atoms with Crippen molar-refractivity contribution in [2.75, 3.05) is 0 Å². The lowest BCUT2D eigenvalue weighted by Gasteiger charge is -2.06. The number of para-hydroxylation sites is 1. The Kier molecular flexibility index (Phi) is 3.32. The fourth-order valence-electron chi connectivity index (χ4n) is 3.39. The zero-order chi connectivity index (χ0) is 17.5. The molecule has 0 N–H and O–H groups in total. The summed E-state index contributed by atoms with van der Waals surface area (Å²) in [7, 11) is 0. The summed E-state index contributed by atoms with van der Waals surface area (Å²) in [5, 5.41) is 2.02. The summed E-state index contributed by atoms with van der Waals surface area (Å²) in [5.41, 5.74) is 5.85. The maximum Gasteiger partial charge on any atom is 0.231 e. The second-order valence-corrected chi connectivity index (χ2v) is 6.34. The summed E-state index contributed by atoms with van der Waals surface area (Å²) in [5.74, 6) is 0.707. The Hall–Kier alpha value is -3.46. The van der Waals surface area contributed by atoms with Crippen molar-refractivity contribution in [2.24, 2.45) is 0 Å². The summed E-state index contributed by atoms with van der Waals surface area (Å²) in [6.45, 7) is 1.90. The zero-order valence-corrected chi connectivity index (χ0v) is 14.3. The number of hydrogen-bond acceptors (Lipinski definition) is 3. The first-order valence-corrected chi connectivity index (χ1v) is 8.61. The molecule has 5 aromatic rings. The van der Waals surface area contributed by atoms with Gasteiger partial charge in [-0.3, -0.25) is 0 Å². The van der Waals surface area contributed by atoms with E-state index in [1.165, 1.54) is 11.1 Å². The van der Waals surface area contributed by atoms with Gasteiger partial charge in [0.05, 0.1) is 11.1 Å². The van der Waals surface area contributed by atoms with Gasteiger partial charge in [0.15, 0.2) is 0 Å². The maximum absolute atomic E-state index is 5.94. The Morgan fingerprint density at radius 2 is 1.31 bits per heavy atom. The maximum atomic E-state index is 5.94. The Bertz CT molecular complexity index is 1220. The van der Waals surface area contributed by atoms with E-state index in [0.29, 0.717) is 11.5 Å². The first kappa shape index (κ1) is 14.8. The highest BCUT2D eigenvalue weighted by Gasteiger charge is 2.15. The van der Waals surface area contributed by atoms with E-state index in [1.807, 2.05) is 31.2 Å². The second-order valence-electron chi connectivity index (χ2n) is 6.34. The highest BCUT2D eigenvalue weighted by molar-refractivity contribution is 6.10. The van der Waals surface area contributed by atoms with Gasteiger partial charge < -0.3 is 4.42 Å². The number of hydrogen-bond donors (Lipinski definition) is 0. The average molecular weight is 336 g/mol. The van der Waals surface area contributed by atoms with Crippen LogP contribution in [0.5, 0.6) is 0 Å². The van der Waals surface area contributed by atoms with Crippen LogP contribution in [0.4, 0.5) is 0 Å². The minimum absolute atomic E-state index is 0.640. The Balaban J connectivity index is 1.71. The van der Waals surface area contributed by atoms with Crippen molar-refractivity contribution in [1.29, 1.82) is 0 Å². The van der Waals surface area contributed by atoms with Crippen LogP contribution in [0.3, 0.4) is 0 Å². The molecule has 2 heterocycles. The molecule has 0 fully saturated rings. The molecule has 0 spiro atoms. The van der Waals surface area contributed by atoms with Crippen LogP contribution in [0.15, 0.2) is 83.3 Å². The van der Waals surface area contributed by atoms with Crippen molar-refractivity contribution in [3.8, 4) is 22.4 Å². The fourth-order valence-corrected chi connectivity index (χ4v) is 3.39. The lowest BCUT2D eigenvalue weighted by atomic mass is 10.0. The molecule has 0 aliphatic carbocycles. The van der Waals surface area contributed by atoms with Crippen molar-refractivity contribution in [1.82, 2.24) is 9.97 Å². The Morgan fingerprint density at radius 1 is 0.654 bits per heavy atom. The third-order valence-electron chi connectivity index (χ3n) is 4.62. The lowest BCUT2D eigenvalue weighted by Crippen LogP contribution is -1.92. The molecule has 0 unspecified atom stereocenters. The van der Waals surface area contributed by atoms with Crippen molar-refractivity contribution >= 4 is 22.1 Å². The molecule has 0 bridgehead atoms. The van der Waals surface area contributed by atoms with Crippen LogP contribution < -0.4 is 0 Å². The molecule has 5 rings (SSSR count). The van der Waals surface area contributed by atoms with E-state index < -0.39 is 0 Å². The Morgan fingerprint density at radius 3 is 2.12 bits per heavy atom. The quantitative estimate of drug-likeness (QED) is 0.396. The number of fused-ring (bicyclic) bond motifs is 3. The highest BCUT2D eigenvalue weighted by Crippen LogP contribution is 2.35. The minimum atomic E-state index is 0.640. The van der Waals surface area contributed by atoms with Gasteiger partial charge in [-0.1, -0.05) is 72.8 Å². The standard InChI is InChI=1S/C23H16N2O/c1-15-24-22(21-19-9-5-6-10-20(19)26-23(21)25-15)18-13-11-17(12-14-18)16-7-3-2-4-8-16/h2-14H,1H3. The summed E-state index contributed by atoms with van der Waals surface area (Å²) >= 11 is 0. The SMILES string of the molecule is Cc1nc(-c2ccc(-c3ccccc3)cc2)c2c(n1)oc1ccccc12. The van der Waals surface area contributed by atoms with E-state index in [-0.39, 0.29) is 0 Å². The molecular formula is C23H16N2O. The third kappa shape index (κ3) is 2.37. The monoisotopic (exact) mass is 336 g/mol. The summed E-state index contributed by atoms with van der Waals surface area (Å²) in [4.78, 5) is 9.21. The molecule has 0 amide bonds. The smallest absolute Gasteiger partial charge is 0.231 e. The van der Waals surface area contributed by atoms with Gasteiger partial charge in [0.1, 0.15) is 11.4 Å². The van der Waals surface area contributed by atoms with E-state index in [1.54, 1.807) is 0 Å². The average Bonchev–Trinajstić information content (AvgIpc) is 3.06. The molecular weight excluding hydrogens is 320 g/mol. The number of benzene rings is 3. The number of aromatic nitrogens is 2. The molecule has 3 heteroatoms. The molecule has 124 valence electrons. The van der Waals surface area contributed by atoms with Crippen LogP contribution in [0.1, 0.15) is 5.82 Å². The summed E-state index contributed by atoms with van der Waals surface area (Å²) < 4.78 is 5.94. The zero-order valence-electron chi connectivity index (χ0n) is 14.3. The topological polar surface area (TPSA) is 38.9 Å². The normalized spacial score (nSPS) is 11.3. The molecule has 3 aromatic carbocycles. The van der Waals surface area contributed by atoms with E-state index in [9.17, 15) is 0 Å². The predicted molar refractivity (Wildman–Crippen MR) is 105 cm³/mol. The second kappa shape index (κ2) is 5.81. The van der Waals surface area contributed by atoms with Crippen LogP contribution in [0.2, 0.25) is 0 Å². The molecule has 0 atom stereocenters. The van der Waals surface area contributed by atoms with Gasteiger partial charge in [-0.2, -0.15) is 4.98 Å². The fraction of sp³-hybridized carbons (Fsp3) is 0.0435. The van der Waals surface area contributed by atoms with Gasteiger partial charge in [-0.05, 0) is 24.1 Å². The van der Waals surface area contributed by atoms with Gasteiger partial charge in [0.25, 0.3) is 0 Å². The molecule has 2 aromatic heterocycles. The number of rotatable bonds is 2. The van der Waals surface area contributed by atoms with Crippen molar-refractivity contribution < 1.29 is 4.42 Å². The number of furan rings is 1. The van der Waals surface area contributed by atoms with E-state index in [2.05, 4.69) is 59.6 Å². The van der Waals surface area contributed by atoms with E-state index >= 15 is 0 Å². The first-order chi connectivity index (χ1) is 12.8. The minimum Gasteiger partial charge on any atom is -0.438 e. The van der Waals surface area contributed by atoms with Crippen LogP contribution in [-0.2, 0) is 0 Å². The molecule has 0 saturated carbocycles. The molecule has 26 heavy (non-hydrogen) atoms. The van der Waals surface area contributed by atoms with E-state index in [4.69, 9.17) is 9.40 Å². The largest absolute Gasteiger partial charge is 0.438 e. The van der Waals surface area contributed by atoms with Gasteiger partial charge in [-0.25, -0.2) is 4.98 Å².